The van der Waals surface area contributed by atoms with Crippen molar-refractivity contribution in [1.82, 2.24) is 4.57 Å². The van der Waals surface area contributed by atoms with Gasteiger partial charge in [-0.3, -0.25) is 4.79 Å². The van der Waals surface area contributed by atoms with Gasteiger partial charge >= 0.3 is 0 Å². The van der Waals surface area contributed by atoms with E-state index in [2.05, 4.69) is 22.8 Å². The fourth-order valence-electron chi connectivity index (χ4n) is 3.73. The summed E-state index contributed by atoms with van der Waals surface area (Å²) in [5, 5.41) is 1.01. The molecule has 3 aromatic rings. The highest BCUT2D eigenvalue weighted by molar-refractivity contribution is 6.12. The number of fused-ring (bicyclic) bond motifs is 1. The number of ether oxygens (including phenoxy) is 1. The Balaban J connectivity index is 2.06. The number of aromatic nitrogens is 1. The van der Waals surface area contributed by atoms with Crippen molar-refractivity contribution < 1.29 is 9.53 Å². The highest BCUT2D eigenvalue weighted by Crippen LogP contribution is 2.39. The fourth-order valence-corrected chi connectivity index (χ4v) is 3.73. The zero-order valence-corrected chi connectivity index (χ0v) is 13.9. The third kappa shape index (κ3) is 2.45. The number of benzene rings is 2. The van der Waals surface area contributed by atoms with Crippen molar-refractivity contribution in [2.24, 2.45) is 0 Å². The SMILES string of the molecule is CC(=O)c1c(-c2ccccc2)n(C2CCCCO2)c2ccccc12. The standard InChI is InChI=1S/C21H21NO2/c1-15(23)20-17-11-5-6-12-18(17)22(19-13-7-8-14-24-19)21(20)16-9-3-2-4-10-16/h2-6,9-12,19H,7-8,13-14H2,1H3. The van der Waals surface area contributed by atoms with Crippen LogP contribution in [0.15, 0.2) is 54.6 Å². The zero-order valence-electron chi connectivity index (χ0n) is 13.9. The Labute approximate surface area is 141 Å². The summed E-state index contributed by atoms with van der Waals surface area (Å²) < 4.78 is 8.32. The summed E-state index contributed by atoms with van der Waals surface area (Å²) >= 11 is 0. The maximum absolute atomic E-state index is 12.5. The van der Waals surface area contributed by atoms with Gasteiger partial charge in [0.25, 0.3) is 0 Å². The molecule has 2 aromatic carbocycles. The molecule has 0 radical (unpaired) electrons. The van der Waals surface area contributed by atoms with Gasteiger partial charge in [-0.25, -0.2) is 0 Å². The summed E-state index contributed by atoms with van der Waals surface area (Å²) in [5.74, 6) is 0.0969. The van der Waals surface area contributed by atoms with Gasteiger partial charge in [0.2, 0.25) is 0 Å². The maximum atomic E-state index is 12.5. The van der Waals surface area contributed by atoms with Gasteiger partial charge in [0.05, 0.1) is 16.8 Å². The van der Waals surface area contributed by atoms with Crippen LogP contribution in [0, 0.1) is 0 Å². The molecule has 3 nitrogen and oxygen atoms in total. The van der Waals surface area contributed by atoms with Crippen LogP contribution < -0.4 is 0 Å². The summed E-state index contributed by atoms with van der Waals surface area (Å²) in [5.41, 5.74) is 3.92. The average Bonchev–Trinajstić information content (AvgIpc) is 2.98. The van der Waals surface area contributed by atoms with Gasteiger partial charge in [0, 0.05) is 12.0 Å². The van der Waals surface area contributed by atoms with Crippen molar-refractivity contribution in [2.45, 2.75) is 32.4 Å². The molecule has 122 valence electrons. The smallest absolute Gasteiger partial charge is 0.162 e. The van der Waals surface area contributed by atoms with E-state index in [9.17, 15) is 4.79 Å². The lowest BCUT2D eigenvalue weighted by Crippen LogP contribution is -2.19. The number of rotatable bonds is 3. The molecule has 1 unspecified atom stereocenters. The Hall–Kier alpha value is -2.39. The minimum Gasteiger partial charge on any atom is -0.358 e. The second-order valence-electron chi connectivity index (χ2n) is 6.35. The van der Waals surface area contributed by atoms with Gasteiger partial charge in [-0.2, -0.15) is 0 Å². The Bertz CT molecular complexity index is 873. The summed E-state index contributed by atoms with van der Waals surface area (Å²) in [6.45, 7) is 2.43. The van der Waals surface area contributed by atoms with E-state index >= 15 is 0 Å². The molecule has 0 bridgehead atoms. The molecule has 1 aromatic heterocycles. The molecule has 1 atom stereocenters. The molecule has 1 aliphatic rings. The normalized spacial score (nSPS) is 18.0. The Kier molecular flexibility index (Phi) is 3.95. The van der Waals surface area contributed by atoms with E-state index in [-0.39, 0.29) is 12.0 Å². The number of carbonyl (C=O) groups excluding carboxylic acids is 1. The van der Waals surface area contributed by atoms with E-state index in [4.69, 9.17) is 4.74 Å². The largest absolute Gasteiger partial charge is 0.358 e. The molecule has 1 saturated heterocycles. The van der Waals surface area contributed by atoms with Gasteiger partial charge in [-0.1, -0.05) is 48.5 Å². The molecule has 24 heavy (non-hydrogen) atoms. The quantitative estimate of drug-likeness (QED) is 0.621. The molecular formula is C21H21NO2. The van der Waals surface area contributed by atoms with Gasteiger partial charge in [-0.05, 0) is 37.8 Å². The molecule has 1 aliphatic heterocycles. The summed E-state index contributed by atoms with van der Waals surface area (Å²) in [6.07, 6.45) is 3.24. The maximum Gasteiger partial charge on any atom is 0.162 e. The van der Waals surface area contributed by atoms with Crippen molar-refractivity contribution in [3.05, 3.63) is 60.2 Å². The first kappa shape index (κ1) is 15.2. The number of hydrogen-bond donors (Lipinski definition) is 0. The third-order valence-electron chi connectivity index (χ3n) is 4.75. The van der Waals surface area contributed by atoms with Crippen LogP contribution in [0.2, 0.25) is 0 Å². The topological polar surface area (TPSA) is 31.2 Å². The first-order valence-corrected chi connectivity index (χ1v) is 8.58. The van der Waals surface area contributed by atoms with Crippen LogP contribution >= 0.6 is 0 Å². The fraction of sp³-hybridized carbons (Fsp3) is 0.286. The summed E-state index contributed by atoms with van der Waals surface area (Å²) in [6, 6.07) is 18.3. The van der Waals surface area contributed by atoms with Crippen LogP contribution in [0.25, 0.3) is 22.2 Å². The number of carbonyl (C=O) groups is 1. The van der Waals surface area contributed by atoms with Gasteiger partial charge in [0.1, 0.15) is 6.23 Å². The molecule has 1 fully saturated rings. The van der Waals surface area contributed by atoms with Gasteiger partial charge in [-0.15, -0.1) is 0 Å². The van der Waals surface area contributed by atoms with Crippen LogP contribution in [-0.2, 0) is 4.74 Å². The first-order chi connectivity index (χ1) is 11.8. The van der Waals surface area contributed by atoms with Gasteiger partial charge < -0.3 is 9.30 Å². The summed E-state index contributed by atoms with van der Waals surface area (Å²) in [7, 11) is 0. The Morgan fingerprint density at radius 3 is 2.50 bits per heavy atom. The minimum absolute atomic E-state index is 0.00745. The van der Waals surface area contributed by atoms with Crippen LogP contribution in [0.3, 0.4) is 0 Å². The molecule has 0 aliphatic carbocycles. The average molecular weight is 319 g/mol. The van der Waals surface area contributed by atoms with Crippen LogP contribution in [0.5, 0.6) is 0 Å². The van der Waals surface area contributed by atoms with E-state index < -0.39 is 0 Å². The lowest BCUT2D eigenvalue weighted by atomic mass is 10.0. The number of ketones is 1. The van der Waals surface area contributed by atoms with E-state index in [1.807, 2.05) is 36.4 Å². The molecule has 0 spiro atoms. The highest BCUT2D eigenvalue weighted by atomic mass is 16.5. The monoisotopic (exact) mass is 319 g/mol. The lowest BCUT2D eigenvalue weighted by Gasteiger charge is -2.27. The van der Waals surface area contributed by atoms with Crippen molar-refractivity contribution in [3.8, 4) is 11.3 Å². The van der Waals surface area contributed by atoms with Crippen molar-refractivity contribution >= 4 is 16.7 Å². The van der Waals surface area contributed by atoms with Crippen LogP contribution in [0.1, 0.15) is 42.8 Å². The Morgan fingerprint density at radius 1 is 1.04 bits per heavy atom. The minimum atomic E-state index is -0.00745. The highest BCUT2D eigenvalue weighted by Gasteiger charge is 2.26. The number of Topliss-reactive ketones (excluding diaryl/α,β-unsaturated/α-hetero) is 1. The third-order valence-corrected chi connectivity index (χ3v) is 4.75. The molecule has 0 amide bonds. The molecular weight excluding hydrogens is 298 g/mol. The van der Waals surface area contributed by atoms with E-state index in [1.54, 1.807) is 6.92 Å². The number of hydrogen-bond acceptors (Lipinski definition) is 2. The van der Waals surface area contributed by atoms with Crippen molar-refractivity contribution in [1.29, 1.82) is 0 Å². The molecule has 0 N–H and O–H groups in total. The van der Waals surface area contributed by atoms with Crippen molar-refractivity contribution in [3.63, 3.8) is 0 Å². The Morgan fingerprint density at radius 2 is 1.79 bits per heavy atom. The van der Waals surface area contributed by atoms with Crippen LogP contribution in [-0.4, -0.2) is 17.0 Å². The van der Waals surface area contributed by atoms with E-state index in [0.29, 0.717) is 0 Å². The predicted octanol–water partition coefficient (Wildman–Crippen LogP) is 5.21. The van der Waals surface area contributed by atoms with E-state index in [0.717, 1.165) is 53.6 Å². The lowest BCUT2D eigenvalue weighted by molar-refractivity contribution is -0.0282. The second-order valence-corrected chi connectivity index (χ2v) is 6.35. The first-order valence-electron chi connectivity index (χ1n) is 8.58. The molecule has 3 heteroatoms. The van der Waals surface area contributed by atoms with Gasteiger partial charge in [0.15, 0.2) is 5.78 Å². The predicted molar refractivity (Wildman–Crippen MR) is 96.2 cm³/mol. The molecule has 2 heterocycles. The van der Waals surface area contributed by atoms with Crippen LogP contribution in [0.4, 0.5) is 0 Å². The zero-order chi connectivity index (χ0) is 16.5. The second kappa shape index (κ2) is 6.25. The van der Waals surface area contributed by atoms with E-state index in [1.165, 1.54) is 0 Å². The molecule has 0 saturated carbocycles. The summed E-state index contributed by atoms with van der Waals surface area (Å²) in [4.78, 5) is 12.5. The van der Waals surface area contributed by atoms with Crippen molar-refractivity contribution in [2.75, 3.05) is 6.61 Å². The molecule has 4 rings (SSSR count). The number of para-hydroxylation sites is 1. The number of nitrogens with zero attached hydrogens (tertiary/aromatic N) is 1.